The third-order valence-electron chi connectivity index (χ3n) is 3.36. The summed E-state index contributed by atoms with van der Waals surface area (Å²) in [6.45, 7) is 9.60. The van der Waals surface area contributed by atoms with E-state index in [1.165, 1.54) is 0 Å². The normalized spacial score (nSPS) is 19.8. The first kappa shape index (κ1) is 14.8. The Labute approximate surface area is 120 Å². The largest absolute Gasteiger partial charge is 0.351 e. The molecule has 0 radical (unpaired) electrons. The number of rotatable bonds is 2. The smallest absolute Gasteiger partial charge is 0.225 e. The van der Waals surface area contributed by atoms with Crippen molar-refractivity contribution in [3.05, 3.63) is 18.0 Å². The minimum atomic E-state index is -0.181. The molecular weight excluding hydrogens is 252 g/mol. The maximum atomic E-state index is 12.3. The van der Waals surface area contributed by atoms with E-state index in [0.29, 0.717) is 6.54 Å². The fraction of sp³-hybridized carbons (Fsp3) is 0.667. The molecule has 5 nitrogen and oxygen atoms in total. The predicted octanol–water partition coefficient (Wildman–Crippen LogP) is 1.92. The molecule has 1 aliphatic heterocycles. The van der Waals surface area contributed by atoms with Crippen LogP contribution >= 0.6 is 0 Å². The van der Waals surface area contributed by atoms with Gasteiger partial charge < -0.3 is 10.2 Å². The highest BCUT2D eigenvalue weighted by molar-refractivity contribution is 5.80. The van der Waals surface area contributed by atoms with Crippen molar-refractivity contribution in [2.24, 2.45) is 5.92 Å². The number of aryl methyl sites for hydroxylation is 1. The number of hydrogen-bond acceptors (Lipinski definition) is 4. The lowest BCUT2D eigenvalue weighted by molar-refractivity contribution is -0.126. The number of aromatic nitrogens is 2. The Kier molecular flexibility index (Phi) is 4.26. The summed E-state index contributed by atoms with van der Waals surface area (Å²) in [5.41, 5.74) is 0.774. The van der Waals surface area contributed by atoms with Crippen LogP contribution in [0.5, 0.6) is 0 Å². The number of piperidine rings is 1. The first-order valence-electron chi connectivity index (χ1n) is 7.22. The van der Waals surface area contributed by atoms with Crippen molar-refractivity contribution in [1.82, 2.24) is 15.3 Å². The lowest BCUT2D eigenvalue weighted by Gasteiger charge is -2.33. The van der Waals surface area contributed by atoms with Crippen LogP contribution in [0.4, 0.5) is 5.95 Å². The molecule has 1 fully saturated rings. The molecule has 1 saturated heterocycles. The van der Waals surface area contributed by atoms with E-state index in [2.05, 4.69) is 20.2 Å². The zero-order valence-corrected chi connectivity index (χ0v) is 12.8. The molecule has 0 aliphatic carbocycles. The first-order chi connectivity index (χ1) is 9.35. The lowest BCUT2D eigenvalue weighted by Crippen LogP contribution is -2.49. The van der Waals surface area contributed by atoms with Crippen LogP contribution in [0, 0.1) is 12.8 Å². The first-order valence-corrected chi connectivity index (χ1v) is 7.22. The summed E-state index contributed by atoms with van der Waals surface area (Å²) in [7, 11) is 0. The van der Waals surface area contributed by atoms with Gasteiger partial charge in [0.15, 0.2) is 0 Å². The van der Waals surface area contributed by atoms with E-state index in [1.54, 1.807) is 6.20 Å². The van der Waals surface area contributed by atoms with E-state index >= 15 is 0 Å². The average Bonchev–Trinajstić information content (AvgIpc) is 2.37. The topological polar surface area (TPSA) is 58.1 Å². The molecule has 1 N–H and O–H groups in total. The summed E-state index contributed by atoms with van der Waals surface area (Å²) in [6, 6.07) is 1.89. The summed E-state index contributed by atoms with van der Waals surface area (Å²) in [4.78, 5) is 23.2. The molecule has 1 amide bonds. The summed E-state index contributed by atoms with van der Waals surface area (Å²) in [5.74, 6) is 0.889. The van der Waals surface area contributed by atoms with Gasteiger partial charge in [-0.1, -0.05) is 0 Å². The molecule has 0 bridgehead atoms. The number of anilines is 1. The van der Waals surface area contributed by atoms with Gasteiger partial charge in [0.25, 0.3) is 0 Å². The van der Waals surface area contributed by atoms with Crippen molar-refractivity contribution in [2.45, 2.75) is 46.1 Å². The molecule has 20 heavy (non-hydrogen) atoms. The van der Waals surface area contributed by atoms with Crippen LogP contribution in [-0.2, 0) is 4.79 Å². The minimum Gasteiger partial charge on any atom is -0.351 e. The van der Waals surface area contributed by atoms with Gasteiger partial charge in [0.1, 0.15) is 0 Å². The van der Waals surface area contributed by atoms with Gasteiger partial charge >= 0.3 is 0 Å². The third kappa shape index (κ3) is 3.92. The second kappa shape index (κ2) is 5.77. The summed E-state index contributed by atoms with van der Waals surface area (Å²) in [6.07, 6.45) is 3.71. The number of amides is 1. The Morgan fingerprint density at radius 3 is 2.85 bits per heavy atom. The maximum absolute atomic E-state index is 12.3. The minimum absolute atomic E-state index is 0.0205. The molecule has 1 aromatic heterocycles. The van der Waals surface area contributed by atoms with Crippen LogP contribution in [-0.4, -0.2) is 34.5 Å². The number of nitrogens with zero attached hydrogens (tertiary/aromatic N) is 3. The van der Waals surface area contributed by atoms with Crippen LogP contribution < -0.4 is 10.2 Å². The van der Waals surface area contributed by atoms with Crippen molar-refractivity contribution in [3.63, 3.8) is 0 Å². The molecule has 1 aliphatic rings. The number of nitrogens with one attached hydrogen (secondary N) is 1. The second-order valence-corrected chi connectivity index (χ2v) is 6.52. The SMILES string of the molecule is Cc1ccnc(N2CCC[C@@H](C(=O)NC(C)(C)C)C2)n1. The van der Waals surface area contributed by atoms with Gasteiger partial charge in [-0.15, -0.1) is 0 Å². The van der Waals surface area contributed by atoms with E-state index < -0.39 is 0 Å². The molecule has 1 aromatic rings. The van der Waals surface area contributed by atoms with Crippen LogP contribution in [0.25, 0.3) is 0 Å². The van der Waals surface area contributed by atoms with Gasteiger partial charge in [0, 0.05) is 30.5 Å². The Hall–Kier alpha value is -1.65. The van der Waals surface area contributed by atoms with Crippen molar-refractivity contribution < 1.29 is 4.79 Å². The monoisotopic (exact) mass is 276 g/mol. The van der Waals surface area contributed by atoms with E-state index in [-0.39, 0.29) is 17.4 Å². The van der Waals surface area contributed by atoms with Gasteiger partial charge in [0.05, 0.1) is 5.92 Å². The Morgan fingerprint density at radius 1 is 1.45 bits per heavy atom. The molecular formula is C15H24N4O. The maximum Gasteiger partial charge on any atom is 0.225 e. The van der Waals surface area contributed by atoms with Crippen LogP contribution in [0.3, 0.4) is 0 Å². The quantitative estimate of drug-likeness (QED) is 0.896. The molecule has 0 spiro atoms. The standard InChI is InChI=1S/C15H24N4O/c1-11-7-8-16-14(17-11)19-9-5-6-12(10-19)13(20)18-15(2,3)4/h7-8,12H,5-6,9-10H2,1-4H3,(H,18,20)/t12-/m1/s1. The second-order valence-electron chi connectivity index (χ2n) is 6.52. The number of carbonyl (C=O) groups excluding carboxylic acids is 1. The molecule has 5 heteroatoms. The Morgan fingerprint density at radius 2 is 2.20 bits per heavy atom. The zero-order valence-electron chi connectivity index (χ0n) is 12.8. The highest BCUT2D eigenvalue weighted by atomic mass is 16.2. The highest BCUT2D eigenvalue weighted by Gasteiger charge is 2.29. The van der Waals surface area contributed by atoms with E-state index in [9.17, 15) is 4.79 Å². The molecule has 0 unspecified atom stereocenters. The average molecular weight is 276 g/mol. The fourth-order valence-electron chi connectivity index (χ4n) is 2.43. The van der Waals surface area contributed by atoms with Crippen LogP contribution in [0.1, 0.15) is 39.3 Å². The molecule has 0 aromatic carbocycles. The number of carbonyl (C=O) groups is 1. The van der Waals surface area contributed by atoms with E-state index in [1.807, 2.05) is 33.8 Å². The van der Waals surface area contributed by atoms with Gasteiger partial charge in [-0.25, -0.2) is 9.97 Å². The van der Waals surface area contributed by atoms with Crippen molar-refractivity contribution in [3.8, 4) is 0 Å². The highest BCUT2D eigenvalue weighted by Crippen LogP contribution is 2.21. The third-order valence-corrected chi connectivity index (χ3v) is 3.36. The fourth-order valence-corrected chi connectivity index (χ4v) is 2.43. The van der Waals surface area contributed by atoms with Gasteiger partial charge in [-0.05, 0) is 46.6 Å². The summed E-state index contributed by atoms with van der Waals surface area (Å²) >= 11 is 0. The Balaban J connectivity index is 2.03. The van der Waals surface area contributed by atoms with Gasteiger partial charge in [0.2, 0.25) is 11.9 Å². The lowest BCUT2D eigenvalue weighted by atomic mass is 9.96. The van der Waals surface area contributed by atoms with Crippen molar-refractivity contribution in [2.75, 3.05) is 18.0 Å². The summed E-state index contributed by atoms with van der Waals surface area (Å²) < 4.78 is 0. The zero-order chi connectivity index (χ0) is 14.8. The molecule has 0 saturated carbocycles. The van der Waals surface area contributed by atoms with E-state index in [0.717, 1.165) is 31.0 Å². The van der Waals surface area contributed by atoms with Crippen LogP contribution in [0.2, 0.25) is 0 Å². The Bertz CT molecular complexity index is 481. The molecule has 2 heterocycles. The molecule has 110 valence electrons. The van der Waals surface area contributed by atoms with Crippen LogP contribution in [0.15, 0.2) is 12.3 Å². The number of hydrogen-bond donors (Lipinski definition) is 1. The van der Waals surface area contributed by atoms with Crippen molar-refractivity contribution >= 4 is 11.9 Å². The molecule has 2 rings (SSSR count). The van der Waals surface area contributed by atoms with Gasteiger partial charge in [-0.3, -0.25) is 4.79 Å². The van der Waals surface area contributed by atoms with Crippen molar-refractivity contribution in [1.29, 1.82) is 0 Å². The van der Waals surface area contributed by atoms with Gasteiger partial charge in [-0.2, -0.15) is 0 Å². The van der Waals surface area contributed by atoms with E-state index in [4.69, 9.17) is 0 Å². The predicted molar refractivity (Wildman–Crippen MR) is 79.6 cm³/mol. The molecule has 1 atom stereocenters. The summed E-state index contributed by atoms with van der Waals surface area (Å²) in [5, 5.41) is 3.07.